The molecule has 1 amide bonds. The van der Waals surface area contributed by atoms with Gasteiger partial charge in [0.25, 0.3) is 11.6 Å². The zero-order valence-electron chi connectivity index (χ0n) is 7.23. The molecule has 0 aromatic heterocycles. The summed E-state index contributed by atoms with van der Waals surface area (Å²) in [5.74, 6) is -0.632. The van der Waals surface area contributed by atoms with Gasteiger partial charge in [-0.2, -0.15) is 0 Å². The van der Waals surface area contributed by atoms with Gasteiger partial charge in [-0.05, 0) is 0 Å². The monoisotopic (exact) mass is 228 g/mol. The zero-order chi connectivity index (χ0) is 11.2. The molecule has 1 aliphatic heterocycles. The highest BCUT2D eigenvalue weighted by atomic mass is 35.5. The lowest BCUT2D eigenvalue weighted by atomic mass is 10.1. The second-order valence-corrected chi connectivity index (χ2v) is 3.45. The van der Waals surface area contributed by atoms with Crippen molar-refractivity contribution in [3.8, 4) is 0 Å². The first-order valence-corrected chi connectivity index (χ1v) is 4.35. The van der Waals surface area contributed by atoms with E-state index in [9.17, 15) is 20.0 Å². The van der Waals surface area contributed by atoms with Crippen molar-refractivity contribution in [2.24, 2.45) is 0 Å². The average Bonchev–Trinajstić information content (AvgIpc) is 2.45. The Hall–Kier alpha value is -1.66. The van der Waals surface area contributed by atoms with Crippen LogP contribution >= 0.6 is 11.6 Å². The first kappa shape index (κ1) is 9.88. The van der Waals surface area contributed by atoms with Crippen molar-refractivity contribution in [2.75, 3.05) is 5.32 Å². The summed E-state index contributed by atoms with van der Waals surface area (Å²) in [6.07, 6.45) is -1.39. The van der Waals surface area contributed by atoms with Crippen molar-refractivity contribution < 1.29 is 14.8 Å². The van der Waals surface area contributed by atoms with Crippen LogP contribution in [0.2, 0.25) is 5.02 Å². The van der Waals surface area contributed by atoms with Crippen LogP contribution in [0.4, 0.5) is 11.4 Å². The maximum atomic E-state index is 11.1. The number of rotatable bonds is 1. The standard InChI is InChI=1S/C8H5ClN2O4/c9-5-2-3(11(14)15)1-4-6(5)10-8(13)7(4)12/h1-2,7,12H,(H,10,13). The van der Waals surface area contributed by atoms with Crippen molar-refractivity contribution in [3.05, 3.63) is 32.8 Å². The number of hydrogen-bond acceptors (Lipinski definition) is 4. The third kappa shape index (κ3) is 1.43. The summed E-state index contributed by atoms with van der Waals surface area (Å²) in [7, 11) is 0. The van der Waals surface area contributed by atoms with Gasteiger partial charge in [0.05, 0.1) is 15.6 Å². The van der Waals surface area contributed by atoms with Crippen molar-refractivity contribution in [1.29, 1.82) is 0 Å². The fourth-order valence-electron chi connectivity index (χ4n) is 1.40. The predicted octanol–water partition coefficient (Wildman–Crippen LogP) is 1.23. The molecule has 1 unspecified atom stereocenters. The summed E-state index contributed by atoms with van der Waals surface area (Å²) in [6, 6.07) is 2.25. The zero-order valence-corrected chi connectivity index (χ0v) is 7.99. The van der Waals surface area contributed by atoms with E-state index in [4.69, 9.17) is 11.6 Å². The lowest BCUT2D eigenvalue weighted by molar-refractivity contribution is -0.384. The molecule has 1 atom stereocenters. The van der Waals surface area contributed by atoms with E-state index in [2.05, 4.69) is 5.32 Å². The Bertz CT molecular complexity index is 474. The fraction of sp³-hybridized carbons (Fsp3) is 0.125. The summed E-state index contributed by atoms with van der Waals surface area (Å²) in [5, 5.41) is 22.3. The summed E-state index contributed by atoms with van der Waals surface area (Å²) in [5.41, 5.74) is 0.119. The highest BCUT2D eigenvalue weighted by Gasteiger charge is 2.32. The molecule has 0 saturated heterocycles. The first-order chi connectivity index (χ1) is 7.00. The SMILES string of the molecule is O=C1Nc2c(Cl)cc([N+](=O)[O-])cc2C1O. The van der Waals surface area contributed by atoms with Crippen LogP contribution in [0.3, 0.4) is 0 Å². The summed E-state index contributed by atoms with van der Waals surface area (Å²) < 4.78 is 0. The maximum Gasteiger partial charge on any atom is 0.271 e. The number of hydrogen-bond donors (Lipinski definition) is 2. The van der Waals surface area contributed by atoms with Crippen LogP contribution in [-0.2, 0) is 4.79 Å². The number of halogens is 1. The first-order valence-electron chi connectivity index (χ1n) is 3.97. The Balaban J connectivity index is 2.62. The summed E-state index contributed by atoms with van der Waals surface area (Å²) in [6.45, 7) is 0. The van der Waals surface area contributed by atoms with Crippen molar-refractivity contribution >= 4 is 28.9 Å². The van der Waals surface area contributed by atoms with Crippen LogP contribution in [0, 0.1) is 10.1 Å². The van der Waals surface area contributed by atoms with E-state index in [-0.39, 0.29) is 22.0 Å². The topological polar surface area (TPSA) is 92.5 Å². The van der Waals surface area contributed by atoms with Gasteiger partial charge in [-0.3, -0.25) is 14.9 Å². The van der Waals surface area contributed by atoms with Gasteiger partial charge in [0.15, 0.2) is 6.10 Å². The van der Waals surface area contributed by atoms with Crippen molar-refractivity contribution in [3.63, 3.8) is 0 Å². The number of nitro groups is 1. The maximum absolute atomic E-state index is 11.1. The minimum Gasteiger partial charge on any atom is -0.378 e. The second-order valence-electron chi connectivity index (χ2n) is 3.04. The largest absolute Gasteiger partial charge is 0.378 e. The van der Waals surface area contributed by atoms with E-state index in [1.54, 1.807) is 0 Å². The Morgan fingerprint density at radius 3 is 2.80 bits per heavy atom. The van der Waals surface area contributed by atoms with Crippen LogP contribution in [0.25, 0.3) is 0 Å². The minimum atomic E-state index is -1.39. The van der Waals surface area contributed by atoms with Gasteiger partial charge in [0, 0.05) is 17.7 Å². The van der Waals surface area contributed by atoms with Gasteiger partial charge >= 0.3 is 0 Å². The van der Waals surface area contributed by atoms with E-state index in [1.165, 1.54) is 0 Å². The van der Waals surface area contributed by atoms with E-state index >= 15 is 0 Å². The molecule has 1 heterocycles. The minimum absolute atomic E-state index is 0.0455. The molecule has 7 heteroatoms. The van der Waals surface area contributed by atoms with E-state index in [1.807, 2.05) is 0 Å². The highest BCUT2D eigenvalue weighted by Crippen LogP contribution is 2.39. The Morgan fingerprint density at radius 2 is 2.20 bits per heavy atom. The van der Waals surface area contributed by atoms with Crippen LogP contribution < -0.4 is 5.32 Å². The molecule has 0 bridgehead atoms. The molecule has 0 spiro atoms. The number of nitro benzene ring substituents is 1. The molecule has 78 valence electrons. The molecule has 2 N–H and O–H groups in total. The van der Waals surface area contributed by atoms with Crippen LogP contribution in [0.15, 0.2) is 12.1 Å². The van der Waals surface area contributed by atoms with Crippen LogP contribution in [0.1, 0.15) is 11.7 Å². The predicted molar refractivity (Wildman–Crippen MR) is 51.7 cm³/mol. The number of fused-ring (bicyclic) bond motifs is 1. The van der Waals surface area contributed by atoms with Gasteiger partial charge in [-0.15, -0.1) is 0 Å². The number of aliphatic hydroxyl groups is 1. The number of anilines is 1. The molecule has 1 aromatic rings. The molecule has 0 aliphatic carbocycles. The van der Waals surface area contributed by atoms with Gasteiger partial charge in [-0.25, -0.2) is 0 Å². The summed E-state index contributed by atoms with van der Waals surface area (Å²) >= 11 is 5.72. The number of non-ortho nitro benzene ring substituents is 1. The van der Waals surface area contributed by atoms with E-state index in [0.29, 0.717) is 0 Å². The van der Waals surface area contributed by atoms with Crippen molar-refractivity contribution in [1.82, 2.24) is 0 Å². The molecule has 6 nitrogen and oxygen atoms in total. The second kappa shape index (κ2) is 3.18. The molecule has 15 heavy (non-hydrogen) atoms. The van der Waals surface area contributed by atoms with Gasteiger partial charge < -0.3 is 10.4 Å². The highest BCUT2D eigenvalue weighted by molar-refractivity contribution is 6.34. The Kier molecular flexibility index (Phi) is 2.09. The molecular formula is C8H5ClN2O4. The number of benzene rings is 1. The lowest BCUT2D eigenvalue weighted by Crippen LogP contribution is -2.10. The Labute approximate surface area is 88.6 Å². The number of carbonyl (C=O) groups excluding carboxylic acids is 1. The van der Waals surface area contributed by atoms with Crippen LogP contribution in [-0.4, -0.2) is 15.9 Å². The third-order valence-electron chi connectivity index (χ3n) is 2.11. The molecular weight excluding hydrogens is 224 g/mol. The lowest BCUT2D eigenvalue weighted by Gasteiger charge is -2.02. The quantitative estimate of drug-likeness (QED) is 0.559. The number of nitrogens with one attached hydrogen (secondary N) is 1. The van der Waals surface area contributed by atoms with Gasteiger partial charge in [0.1, 0.15) is 0 Å². The normalized spacial score (nSPS) is 18.5. The number of nitrogens with zero attached hydrogens (tertiary/aromatic N) is 1. The molecule has 0 fully saturated rings. The molecule has 1 aliphatic rings. The summed E-state index contributed by atoms with van der Waals surface area (Å²) in [4.78, 5) is 20.9. The molecule has 0 saturated carbocycles. The average molecular weight is 229 g/mol. The number of aliphatic hydroxyl groups excluding tert-OH is 1. The number of carbonyl (C=O) groups is 1. The molecule has 1 aromatic carbocycles. The van der Waals surface area contributed by atoms with E-state index in [0.717, 1.165) is 12.1 Å². The third-order valence-corrected chi connectivity index (χ3v) is 2.41. The van der Waals surface area contributed by atoms with Crippen molar-refractivity contribution in [2.45, 2.75) is 6.10 Å². The smallest absolute Gasteiger partial charge is 0.271 e. The fourth-order valence-corrected chi connectivity index (χ4v) is 1.67. The Morgan fingerprint density at radius 1 is 1.53 bits per heavy atom. The molecule has 0 radical (unpaired) electrons. The van der Waals surface area contributed by atoms with Gasteiger partial charge in [-0.1, -0.05) is 11.6 Å². The van der Waals surface area contributed by atoms with Crippen LogP contribution in [0.5, 0.6) is 0 Å². The van der Waals surface area contributed by atoms with Gasteiger partial charge in [0.2, 0.25) is 0 Å². The number of amides is 1. The molecule has 2 rings (SSSR count). The van der Waals surface area contributed by atoms with E-state index < -0.39 is 16.9 Å².